The predicted molar refractivity (Wildman–Crippen MR) is 74.6 cm³/mol. The average Bonchev–Trinajstić information content (AvgIpc) is 2.37. The molecule has 4 N–H and O–H groups in total. The van der Waals surface area contributed by atoms with Crippen molar-refractivity contribution in [1.29, 1.82) is 0 Å². The lowest BCUT2D eigenvalue weighted by molar-refractivity contribution is 0.617. The van der Waals surface area contributed by atoms with Gasteiger partial charge >= 0.3 is 0 Å². The Morgan fingerprint density at radius 2 is 1.83 bits per heavy atom. The summed E-state index contributed by atoms with van der Waals surface area (Å²) in [5.74, 6) is 6.86. The Bertz CT molecular complexity index is 366. The van der Waals surface area contributed by atoms with E-state index >= 15 is 0 Å². The Morgan fingerprint density at radius 3 is 2.33 bits per heavy atom. The van der Waals surface area contributed by atoms with E-state index in [0.717, 1.165) is 19.3 Å². The maximum Gasteiger partial charge on any atom is 0.243 e. The first-order valence-corrected chi connectivity index (χ1v) is 6.27. The van der Waals surface area contributed by atoms with Crippen molar-refractivity contribution in [3.63, 3.8) is 0 Å². The lowest BCUT2D eigenvalue weighted by Gasteiger charge is -2.18. The molecule has 1 atom stereocenters. The second-order valence-electron chi connectivity index (χ2n) is 4.36. The summed E-state index contributed by atoms with van der Waals surface area (Å²) in [5.41, 5.74) is 2.46. The summed E-state index contributed by atoms with van der Waals surface area (Å²) in [6.45, 7) is 4.30. The van der Waals surface area contributed by atoms with Gasteiger partial charge < -0.3 is 10.2 Å². The standard InChI is InChI=1S/C11H23N7/c1-5-7-8(6-2)13-9-14-10(17-12)16-11(15-9)18(3)4/h8H,5-7,12H2,1-4H3,(H2,13,14,15,16,17). The fraction of sp³-hybridized carbons (Fsp3) is 0.727. The highest BCUT2D eigenvalue weighted by molar-refractivity contribution is 5.42. The number of hydrogen-bond donors (Lipinski definition) is 3. The van der Waals surface area contributed by atoms with Gasteiger partial charge in [0, 0.05) is 20.1 Å². The fourth-order valence-corrected chi connectivity index (χ4v) is 1.60. The Labute approximate surface area is 108 Å². The molecule has 0 radical (unpaired) electrons. The van der Waals surface area contributed by atoms with Crippen molar-refractivity contribution in [2.45, 2.75) is 39.2 Å². The van der Waals surface area contributed by atoms with Crippen molar-refractivity contribution in [2.24, 2.45) is 5.84 Å². The number of anilines is 3. The molecule has 0 saturated heterocycles. The van der Waals surface area contributed by atoms with Crippen molar-refractivity contribution in [3.05, 3.63) is 0 Å². The van der Waals surface area contributed by atoms with Crippen molar-refractivity contribution < 1.29 is 0 Å². The third-order valence-electron chi connectivity index (χ3n) is 2.62. The normalized spacial score (nSPS) is 12.1. The van der Waals surface area contributed by atoms with Gasteiger partial charge in [0.1, 0.15) is 0 Å². The number of hydrazine groups is 1. The van der Waals surface area contributed by atoms with Gasteiger partial charge in [-0.05, 0) is 12.8 Å². The summed E-state index contributed by atoms with van der Waals surface area (Å²) in [6, 6.07) is 0.373. The largest absolute Gasteiger partial charge is 0.351 e. The number of aromatic nitrogens is 3. The summed E-state index contributed by atoms with van der Waals surface area (Å²) in [6.07, 6.45) is 3.24. The van der Waals surface area contributed by atoms with E-state index in [0.29, 0.717) is 23.9 Å². The zero-order chi connectivity index (χ0) is 13.5. The van der Waals surface area contributed by atoms with Crippen LogP contribution < -0.4 is 21.5 Å². The molecule has 0 fully saturated rings. The molecular formula is C11H23N7. The van der Waals surface area contributed by atoms with Crippen LogP contribution in [-0.4, -0.2) is 35.1 Å². The molecule has 1 rings (SSSR count). The monoisotopic (exact) mass is 253 g/mol. The number of nitrogen functional groups attached to an aromatic ring is 1. The SMILES string of the molecule is CCCC(CC)Nc1nc(NN)nc(N(C)C)n1. The van der Waals surface area contributed by atoms with Crippen LogP contribution in [0.1, 0.15) is 33.1 Å². The first-order valence-electron chi connectivity index (χ1n) is 6.27. The van der Waals surface area contributed by atoms with Crippen LogP contribution >= 0.6 is 0 Å². The van der Waals surface area contributed by atoms with Crippen molar-refractivity contribution in [2.75, 3.05) is 29.7 Å². The van der Waals surface area contributed by atoms with E-state index in [9.17, 15) is 0 Å². The maximum atomic E-state index is 5.36. The fourth-order valence-electron chi connectivity index (χ4n) is 1.60. The molecular weight excluding hydrogens is 230 g/mol. The first-order chi connectivity index (χ1) is 8.60. The van der Waals surface area contributed by atoms with Gasteiger partial charge in [-0.1, -0.05) is 20.3 Å². The van der Waals surface area contributed by atoms with E-state index in [4.69, 9.17) is 5.84 Å². The minimum absolute atomic E-state index is 0.363. The lowest BCUT2D eigenvalue weighted by Crippen LogP contribution is -2.23. The van der Waals surface area contributed by atoms with Crippen LogP contribution in [-0.2, 0) is 0 Å². The molecule has 0 aliphatic heterocycles. The van der Waals surface area contributed by atoms with Crippen molar-refractivity contribution >= 4 is 17.8 Å². The van der Waals surface area contributed by atoms with Gasteiger partial charge in [-0.2, -0.15) is 15.0 Å². The second-order valence-corrected chi connectivity index (χ2v) is 4.36. The summed E-state index contributed by atoms with van der Waals surface area (Å²) >= 11 is 0. The molecule has 1 heterocycles. The van der Waals surface area contributed by atoms with Crippen LogP contribution in [0, 0.1) is 0 Å². The minimum atomic E-state index is 0.363. The maximum absolute atomic E-state index is 5.36. The molecule has 7 heteroatoms. The second kappa shape index (κ2) is 6.95. The Morgan fingerprint density at radius 1 is 1.17 bits per heavy atom. The summed E-state index contributed by atoms with van der Waals surface area (Å²) in [4.78, 5) is 14.5. The van der Waals surface area contributed by atoms with Crippen LogP contribution in [0.4, 0.5) is 17.8 Å². The van der Waals surface area contributed by atoms with E-state index in [1.54, 1.807) is 0 Å². The molecule has 102 valence electrons. The van der Waals surface area contributed by atoms with Gasteiger partial charge in [-0.15, -0.1) is 0 Å². The lowest BCUT2D eigenvalue weighted by atomic mass is 10.1. The van der Waals surface area contributed by atoms with E-state index in [1.807, 2.05) is 19.0 Å². The van der Waals surface area contributed by atoms with Crippen LogP contribution in [0.5, 0.6) is 0 Å². The summed E-state index contributed by atoms with van der Waals surface area (Å²) in [7, 11) is 3.76. The smallest absolute Gasteiger partial charge is 0.243 e. The topological polar surface area (TPSA) is 92.0 Å². The minimum Gasteiger partial charge on any atom is -0.351 e. The Hall–Kier alpha value is -1.63. The highest BCUT2D eigenvalue weighted by Gasteiger charge is 2.11. The predicted octanol–water partition coefficient (Wildman–Crippen LogP) is 1.21. The molecule has 0 aliphatic carbocycles. The molecule has 0 aromatic carbocycles. The highest BCUT2D eigenvalue weighted by atomic mass is 15.4. The molecule has 0 spiro atoms. The van der Waals surface area contributed by atoms with Crippen LogP contribution in [0.25, 0.3) is 0 Å². The van der Waals surface area contributed by atoms with Crippen molar-refractivity contribution in [3.8, 4) is 0 Å². The Kier molecular flexibility index (Phi) is 5.57. The number of nitrogens with one attached hydrogen (secondary N) is 2. The van der Waals surface area contributed by atoms with E-state index in [2.05, 4.69) is 39.5 Å². The molecule has 1 aromatic rings. The van der Waals surface area contributed by atoms with E-state index < -0.39 is 0 Å². The van der Waals surface area contributed by atoms with Gasteiger partial charge in [0.25, 0.3) is 0 Å². The third-order valence-corrected chi connectivity index (χ3v) is 2.62. The molecule has 0 saturated carbocycles. The zero-order valence-electron chi connectivity index (χ0n) is 11.6. The van der Waals surface area contributed by atoms with Gasteiger partial charge in [0.2, 0.25) is 17.8 Å². The Balaban J connectivity index is 2.89. The van der Waals surface area contributed by atoms with Gasteiger partial charge in [0.15, 0.2) is 0 Å². The number of hydrogen-bond acceptors (Lipinski definition) is 7. The van der Waals surface area contributed by atoms with Crippen LogP contribution in [0.2, 0.25) is 0 Å². The third kappa shape index (κ3) is 3.99. The molecule has 7 nitrogen and oxygen atoms in total. The van der Waals surface area contributed by atoms with Gasteiger partial charge in [-0.25, -0.2) is 5.84 Å². The number of nitrogens with zero attached hydrogens (tertiary/aromatic N) is 4. The molecule has 0 amide bonds. The van der Waals surface area contributed by atoms with E-state index in [1.165, 1.54) is 0 Å². The van der Waals surface area contributed by atoms with Crippen LogP contribution in [0.15, 0.2) is 0 Å². The highest BCUT2D eigenvalue weighted by Crippen LogP contribution is 2.13. The van der Waals surface area contributed by atoms with Crippen molar-refractivity contribution in [1.82, 2.24) is 15.0 Å². The molecule has 18 heavy (non-hydrogen) atoms. The van der Waals surface area contributed by atoms with Gasteiger partial charge in [-0.3, -0.25) is 5.43 Å². The number of nitrogens with two attached hydrogens (primary N) is 1. The quantitative estimate of drug-likeness (QED) is 0.497. The molecule has 1 unspecified atom stereocenters. The van der Waals surface area contributed by atoms with E-state index in [-0.39, 0.29) is 0 Å². The molecule has 0 bridgehead atoms. The molecule has 1 aromatic heterocycles. The zero-order valence-corrected chi connectivity index (χ0v) is 11.6. The number of rotatable bonds is 7. The van der Waals surface area contributed by atoms with Crippen LogP contribution in [0.3, 0.4) is 0 Å². The van der Waals surface area contributed by atoms with Gasteiger partial charge in [0.05, 0.1) is 0 Å². The summed E-state index contributed by atoms with van der Waals surface area (Å²) in [5, 5.41) is 3.32. The first kappa shape index (κ1) is 14.4. The average molecular weight is 253 g/mol. The summed E-state index contributed by atoms with van der Waals surface area (Å²) < 4.78 is 0. The molecule has 0 aliphatic rings.